The summed E-state index contributed by atoms with van der Waals surface area (Å²) in [6.07, 6.45) is 0. The predicted octanol–water partition coefficient (Wildman–Crippen LogP) is 2.13. The molecule has 24 heavy (non-hydrogen) atoms. The number of carbonyl (C=O) groups excluding carboxylic acids is 2. The first-order valence-corrected chi connectivity index (χ1v) is 7.21. The average Bonchev–Trinajstić information content (AvgIpc) is 2.55. The maximum absolute atomic E-state index is 12.4. The van der Waals surface area contributed by atoms with Gasteiger partial charge in [0.2, 0.25) is 5.91 Å². The van der Waals surface area contributed by atoms with E-state index in [0.717, 1.165) is 0 Å². The van der Waals surface area contributed by atoms with Gasteiger partial charge in [0.15, 0.2) is 0 Å². The second kappa shape index (κ2) is 6.33. The summed E-state index contributed by atoms with van der Waals surface area (Å²) in [7, 11) is 0. The van der Waals surface area contributed by atoms with Crippen LogP contribution in [0.3, 0.4) is 0 Å². The number of para-hydroxylation sites is 1. The van der Waals surface area contributed by atoms with Gasteiger partial charge in [0.25, 0.3) is 5.91 Å². The van der Waals surface area contributed by atoms with E-state index in [9.17, 15) is 14.4 Å². The van der Waals surface area contributed by atoms with Crippen molar-refractivity contribution < 1.29 is 9.59 Å². The summed E-state index contributed by atoms with van der Waals surface area (Å²) < 4.78 is 0. The number of anilines is 2. The fourth-order valence-electron chi connectivity index (χ4n) is 2.31. The summed E-state index contributed by atoms with van der Waals surface area (Å²) in [5.74, 6) is -0.657. The molecule has 7 nitrogen and oxygen atoms in total. The number of rotatable bonds is 3. The van der Waals surface area contributed by atoms with Gasteiger partial charge in [-0.3, -0.25) is 9.59 Å². The number of benzene rings is 2. The van der Waals surface area contributed by atoms with Crippen LogP contribution in [-0.4, -0.2) is 21.8 Å². The zero-order valence-electron chi connectivity index (χ0n) is 12.8. The number of fused-ring (bicyclic) bond motifs is 1. The Hall–Kier alpha value is -3.48. The van der Waals surface area contributed by atoms with Gasteiger partial charge >= 0.3 is 5.69 Å². The van der Waals surface area contributed by atoms with E-state index in [1.54, 1.807) is 48.5 Å². The first-order chi connectivity index (χ1) is 11.5. The first-order valence-electron chi connectivity index (χ1n) is 7.21. The number of hydrogen-bond acceptors (Lipinski definition) is 4. The molecule has 0 aliphatic rings. The van der Waals surface area contributed by atoms with E-state index in [4.69, 9.17) is 0 Å². The van der Waals surface area contributed by atoms with E-state index in [1.807, 2.05) is 0 Å². The van der Waals surface area contributed by atoms with E-state index in [-0.39, 0.29) is 11.6 Å². The van der Waals surface area contributed by atoms with E-state index < -0.39 is 11.6 Å². The molecule has 0 atom stereocenters. The summed E-state index contributed by atoms with van der Waals surface area (Å²) in [4.78, 5) is 41.4. The molecule has 0 aliphatic heterocycles. The van der Waals surface area contributed by atoms with Crippen molar-refractivity contribution in [1.29, 1.82) is 0 Å². The molecular formula is C17H14N4O3. The number of amides is 2. The molecule has 7 heteroatoms. The fourth-order valence-corrected chi connectivity index (χ4v) is 2.31. The minimum absolute atomic E-state index is 0.0558. The molecular weight excluding hydrogens is 308 g/mol. The van der Waals surface area contributed by atoms with Gasteiger partial charge in [-0.2, -0.15) is 4.98 Å². The molecule has 3 aromatic rings. The third kappa shape index (κ3) is 3.30. The van der Waals surface area contributed by atoms with Crippen molar-refractivity contribution in [2.24, 2.45) is 0 Å². The van der Waals surface area contributed by atoms with Gasteiger partial charge in [0, 0.05) is 23.7 Å². The monoisotopic (exact) mass is 322 g/mol. The van der Waals surface area contributed by atoms with Crippen LogP contribution in [0.4, 0.5) is 11.4 Å². The van der Waals surface area contributed by atoms with Gasteiger partial charge < -0.3 is 15.6 Å². The van der Waals surface area contributed by atoms with Crippen LogP contribution < -0.4 is 16.3 Å². The molecule has 0 bridgehead atoms. The lowest BCUT2D eigenvalue weighted by Gasteiger charge is -2.08. The third-order valence-electron chi connectivity index (χ3n) is 3.32. The molecule has 0 radical (unpaired) electrons. The van der Waals surface area contributed by atoms with Crippen LogP contribution in [0.2, 0.25) is 0 Å². The molecule has 1 heterocycles. The van der Waals surface area contributed by atoms with Crippen molar-refractivity contribution in [3.63, 3.8) is 0 Å². The molecule has 3 rings (SSSR count). The lowest BCUT2D eigenvalue weighted by atomic mass is 10.1. The standard InChI is InChI=1S/C17H14N4O3/c1-10(22)18-11-6-8-12(9-7-11)19-16(23)15-13-4-2-3-5-14(13)20-17(24)21-15/h2-9H,1H3,(H,18,22)(H,19,23)(H,20,21,24). The Kier molecular flexibility index (Phi) is 4.07. The summed E-state index contributed by atoms with van der Waals surface area (Å²) >= 11 is 0. The SMILES string of the molecule is CC(=O)Nc1ccc(NC(=O)c2nc(=O)[nH]c3ccccc23)cc1. The number of aromatic nitrogens is 2. The summed E-state index contributed by atoms with van der Waals surface area (Å²) in [6, 6.07) is 13.6. The van der Waals surface area contributed by atoms with Crippen LogP contribution in [0.1, 0.15) is 17.4 Å². The topological polar surface area (TPSA) is 104 Å². The van der Waals surface area contributed by atoms with Crippen molar-refractivity contribution in [2.75, 3.05) is 10.6 Å². The maximum Gasteiger partial charge on any atom is 0.346 e. The van der Waals surface area contributed by atoms with Crippen molar-refractivity contribution in [1.82, 2.24) is 9.97 Å². The Bertz CT molecular complexity index is 977. The zero-order valence-corrected chi connectivity index (χ0v) is 12.8. The number of H-pyrrole nitrogens is 1. The Balaban J connectivity index is 1.88. The summed E-state index contributed by atoms with van der Waals surface area (Å²) in [5, 5.41) is 5.89. The summed E-state index contributed by atoms with van der Waals surface area (Å²) in [5.41, 5.74) is 1.17. The highest BCUT2D eigenvalue weighted by molar-refractivity contribution is 6.10. The van der Waals surface area contributed by atoms with Crippen molar-refractivity contribution in [3.8, 4) is 0 Å². The van der Waals surface area contributed by atoms with Crippen LogP contribution in [-0.2, 0) is 4.79 Å². The molecule has 0 fully saturated rings. The van der Waals surface area contributed by atoms with Crippen molar-refractivity contribution >= 4 is 34.1 Å². The number of nitrogens with one attached hydrogen (secondary N) is 3. The van der Waals surface area contributed by atoms with Crippen LogP contribution >= 0.6 is 0 Å². The minimum atomic E-state index is -0.583. The van der Waals surface area contributed by atoms with Gasteiger partial charge in [-0.1, -0.05) is 18.2 Å². The van der Waals surface area contributed by atoms with Gasteiger partial charge in [-0.25, -0.2) is 4.79 Å². The molecule has 1 aromatic heterocycles. The molecule has 0 unspecified atom stereocenters. The second-order valence-corrected chi connectivity index (χ2v) is 5.15. The number of nitrogens with zero attached hydrogens (tertiary/aromatic N) is 1. The number of carbonyl (C=O) groups is 2. The van der Waals surface area contributed by atoms with E-state index in [1.165, 1.54) is 6.92 Å². The normalized spacial score (nSPS) is 10.4. The van der Waals surface area contributed by atoms with Gasteiger partial charge in [-0.05, 0) is 30.3 Å². The lowest BCUT2D eigenvalue weighted by Crippen LogP contribution is -2.21. The molecule has 2 amide bonds. The molecule has 0 aliphatic carbocycles. The maximum atomic E-state index is 12.4. The smallest absolute Gasteiger partial charge is 0.326 e. The molecule has 0 spiro atoms. The van der Waals surface area contributed by atoms with E-state index in [0.29, 0.717) is 22.3 Å². The minimum Gasteiger partial charge on any atom is -0.326 e. The molecule has 3 N–H and O–H groups in total. The van der Waals surface area contributed by atoms with Crippen LogP contribution in [0.15, 0.2) is 53.3 Å². The van der Waals surface area contributed by atoms with E-state index in [2.05, 4.69) is 20.6 Å². The lowest BCUT2D eigenvalue weighted by molar-refractivity contribution is -0.114. The highest BCUT2D eigenvalue weighted by atomic mass is 16.2. The highest BCUT2D eigenvalue weighted by Crippen LogP contribution is 2.17. The number of aromatic amines is 1. The largest absolute Gasteiger partial charge is 0.346 e. The van der Waals surface area contributed by atoms with Crippen molar-refractivity contribution in [2.45, 2.75) is 6.92 Å². The Morgan fingerprint density at radius 3 is 2.25 bits per heavy atom. The fraction of sp³-hybridized carbons (Fsp3) is 0.0588. The third-order valence-corrected chi connectivity index (χ3v) is 3.32. The Morgan fingerprint density at radius 1 is 0.958 bits per heavy atom. The Morgan fingerprint density at radius 2 is 1.58 bits per heavy atom. The Labute approximate surface area is 136 Å². The van der Waals surface area contributed by atoms with E-state index >= 15 is 0 Å². The molecule has 2 aromatic carbocycles. The highest BCUT2D eigenvalue weighted by Gasteiger charge is 2.13. The molecule has 0 saturated carbocycles. The van der Waals surface area contributed by atoms with Crippen molar-refractivity contribution in [3.05, 3.63) is 64.7 Å². The van der Waals surface area contributed by atoms with Crippen LogP contribution in [0, 0.1) is 0 Å². The molecule has 120 valence electrons. The second-order valence-electron chi connectivity index (χ2n) is 5.15. The van der Waals surface area contributed by atoms with Crippen LogP contribution in [0.5, 0.6) is 0 Å². The molecule has 0 saturated heterocycles. The predicted molar refractivity (Wildman–Crippen MR) is 91.1 cm³/mol. The first kappa shape index (κ1) is 15.4. The number of hydrogen-bond donors (Lipinski definition) is 3. The quantitative estimate of drug-likeness (QED) is 0.687. The zero-order chi connectivity index (χ0) is 17.1. The van der Waals surface area contributed by atoms with Gasteiger partial charge in [0.1, 0.15) is 5.69 Å². The van der Waals surface area contributed by atoms with Crippen LogP contribution in [0.25, 0.3) is 10.9 Å². The average molecular weight is 322 g/mol. The van der Waals surface area contributed by atoms with Gasteiger partial charge in [-0.15, -0.1) is 0 Å². The van der Waals surface area contributed by atoms with Gasteiger partial charge in [0.05, 0.1) is 5.52 Å². The summed E-state index contributed by atoms with van der Waals surface area (Å²) in [6.45, 7) is 1.42.